The van der Waals surface area contributed by atoms with E-state index in [0.29, 0.717) is 23.6 Å². The number of hydrogen-bond donors (Lipinski definition) is 3. The molecule has 1 heterocycles. The molecule has 0 atom stereocenters. The second kappa shape index (κ2) is 6.69. The van der Waals surface area contributed by atoms with Crippen molar-refractivity contribution in [3.05, 3.63) is 35.7 Å². The number of nitrogens with one attached hydrogen (secondary N) is 3. The standard InChI is InChI=1S/C16H20N6O2/c1-3-17-16(24)19-12-6-8-13(9-7-12)22-10(2)14(20-21-22)15(23)18-11-4-5-11/h6-9,11H,3-5H2,1-2H3,(H,18,23)(H2,17,19,24). The van der Waals surface area contributed by atoms with Crippen LogP contribution in [0.3, 0.4) is 0 Å². The smallest absolute Gasteiger partial charge is 0.319 e. The Labute approximate surface area is 139 Å². The van der Waals surface area contributed by atoms with Crippen LogP contribution >= 0.6 is 0 Å². The topological polar surface area (TPSA) is 101 Å². The Kier molecular flexibility index (Phi) is 4.45. The minimum absolute atomic E-state index is 0.184. The summed E-state index contributed by atoms with van der Waals surface area (Å²) in [5, 5.41) is 16.4. The van der Waals surface area contributed by atoms with E-state index in [1.165, 1.54) is 0 Å². The lowest BCUT2D eigenvalue weighted by molar-refractivity contribution is 0.0945. The Morgan fingerprint density at radius 1 is 1.25 bits per heavy atom. The monoisotopic (exact) mass is 328 g/mol. The molecule has 3 N–H and O–H groups in total. The largest absolute Gasteiger partial charge is 0.348 e. The summed E-state index contributed by atoms with van der Waals surface area (Å²) in [5.41, 5.74) is 2.46. The van der Waals surface area contributed by atoms with E-state index in [1.54, 1.807) is 16.8 Å². The maximum atomic E-state index is 12.1. The van der Waals surface area contributed by atoms with Gasteiger partial charge in [0.15, 0.2) is 5.69 Å². The zero-order valence-corrected chi connectivity index (χ0v) is 13.7. The first-order chi connectivity index (χ1) is 11.6. The molecule has 3 amide bonds. The lowest BCUT2D eigenvalue weighted by Crippen LogP contribution is -2.28. The second-order valence-electron chi connectivity index (χ2n) is 5.71. The van der Waals surface area contributed by atoms with Crippen LogP contribution in [0.4, 0.5) is 10.5 Å². The number of hydrogen-bond acceptors (Lipinski definition) is 4. The van der Waals surface area contributed by atoms with Gasteiger partial charge in [0, 0.05) is 18.3 Å². The highest BCUT2D eigenvalue weighted by atomic mass is 16.2. The Morgan fingerprint density at radius 2 is 1.96 bits per heavy atom. The lowest BCUT2D eigenvalue weighted by atomic mass is 10.2. The van der Waals surface area contributed by atoms with E-state index >= 15 is 0 Å². The highest BCUT2D eigenvalue weighted by Crippen LogP contribution is 2.20. The molecular weight excluding hydrogens is 308 g/mol. The molecule has 0 unspecified atom stereocenters. The van der Waals surface area contributed by atoms with Gasteiger partial charge in [-0.2, -0.15) is 0 Å². The average molecular weight is 328 g/mol. The molecule has 24 heavy (non-hydrogen) atoms. The number of amides is 3. The summed E-state index contributed by atoms with van der Waals surface area (Å²) in [6.07, 6.45) is 2.05. The van der Waals surface area contributed by atoms with Crippen LogP contribution in [0.25, 0.3) is 5.69 Å². The van der Waals surface area contributed by atoms with Gasteiger partial charge in [-0.15, -0.1) is 5.10 Å². The average Bonchev–Trinajstić information content (AvgIpc) is 3.28. The van der Waals surface area contributed by atoms with Gasteiger partial charge in [0.05, 0.1) is 11.4 Å². The van der Waals surface area contributed by atoms with Crippen LogP contribution in [0.15, 0.2) is 24.3 Å². The highest BCUT2D eigenvalue weighted by molar-refractivity contribution is 5.93. The Hall–Kier alpha value is -2.90. The maximum Gasteiger partial charge on any atom is 0.319 e. The van der Waals surface area contributed by atoms with E-state index in [0.717, 1.165) is 18.5 Å². The first-order valence-corrected chi connectivity index (χ1v) is 7.97. The van der Waals surface area contributed by atoms with Crippen molar-refractivity contribution in [1.29, 1.82) is 0 Å². The van der Waals surface area contributed by atoms with Gasteiger partial charge in [0.25, 0.3) is 5.91 Å². The van der Waals surface area contributed by atoms with Crippen molar-refractivity contribution in [2.75, 3.05) is 11.9 Å². The van der Waals surface area contributed by atoms with Gasteiger partial charge in [0.2, 0.25) is 0 Å². The number of nitrogens with zero attached hydrogens (tertiary/aromatic N) is 3. The third-order valence-electron chi connectivity index (χ3n) is 3.73. The molecule has 1 aromatic carbocycles. The summed E-state index contributed by atoms with van der Waals surface area (Å²) in [6, 6.07) is 7.20. The fourth-order valence-corrected chi connectivity index (χ4v) is 2.29. The molecular formula is C16H20N6O2. The zero-order chi connectivity index (χ0) is 17.1. The number of rotatable bonds is 5. The van der Waals surface area contributed by atoms with Gasteiger partial charge < -0.3 is 16.0 Å². The molecule has 0 bridgehead atoms. The molecule has 1 aliphatic carbocycles. The van der Waals surface area contributed by atoms with Crippen LogP contribution in [0.2, 0.25) is 0 Å². The van der Waals surface area contributed by atoms with E-state index < -0.39 is 0 Å². The van der Waals surface area contributed by atoms with Gasteiger partial charge in [-0.05, 0) is 51.0 Å². The quantitative estimate of drug-likeness (QED) is 0.776. The minimum Gasteiger partial charge on any atom is -0.348 e. The van der Waals surface area contributed by atoms with E-state index in [2.05, 4.69) is 26.3 Å². The van der Waals surface area contributed by atoms with Crippen molar-refractivity contribution in [2.24, 2.45) is 0 Å². The molecule has 0 aliphatic heterocycles. The number of benzene rings is 1. The third-order valence-corrected chi connectivity index (χ3v) is 3.73. The molecule has 1 aliphatic rings. The van der Waals surface area contributed by atoms with E-state index in [-0.39, 0.29) is 18.0 Å². The molecule has 2 aromatic rings. The van der Waals surface area contributed by atoms with Crippen molar-refractivity contribution in [2.45, 2.75) is 32.7 Å². The van der Waals surface area contributed by atoms with E-state index in [4.69, 9.17) is 0 Å². The molecule has 0 radical (unpaired) electrons. The molecule has 0 spiro atoms. The first kappa shape index (κ1) is 16.0. The molecule has 8 heteroatoms. The summed E-state index contributed by atoms with van der Waals surface area (Å²) < 4.78 is 1.61. The SMILES string of the molecule is CCNC(=O)Nc1ccc(-n2nnc(C(=O)NC3CC3)c2C)cc1. The van der Waals surface area contributed by atoms with Crippen LogP contribution in [0, 0.1) is 6.92 Å². The second-order valence-corrected chi connectivity index (χ2v) is 5.71. The molecule has 3 rings (SSSR count). The molecule has 0 saturated heterocycles. The lowest BCUT2D eigenvalue weighted by Gasteiger charge is -2.08. The first-order valence-electron chi connectivity index (χ1n) is 7.97. The molecule has 1 fully saturated rings. The van der Waals surface area contributed by atoms with Crippen LogP contribution in [0.5, 0.6) is 0 Å². The van der Waals surface area contributed by atoms with Crippen LogP contribution < -0.4 is 16.0 Å². The summed E-state index contributed by atoms with van der Waals surface area (Å²) in [6.45, 7) is 4.23. The van der Waals surface area contributed by atoms with Gasteiger partial charge in [-0.3, -0.25) is 4.79 Å². The van der Waals surface area contributed by atoms with Crippen molar-refractivity contribution in [1.82, 2.24) is 25.6 Å². The fourth-order valence-electron chi connectivity index (χ4n) is 2.29. The van der Waals surface area contributed by atoms with Crippen LogP contribution in [-0.2, 0) is 0 Å². The zero-order valence-electron chi connectivity index (χ0n) is 13.7. The Bertz CT molecular complexity index is 748. The number of carbonyl (C=O) groups excluding carboxylic acids is 2. The highest BCUT2D eigenvalue weighted by Gasteiger charge is 2.26. The molecule has 1 saturated carbocycles. The number of aromatic nitrogens is 3. The van der Waals surface area contributed by atoms with E-state index in [9.17, 15) is 9.59 Å². The molecule has 126 valence electrons. The molecule has 1 aromatic heterocycles. The van der Waals surface area contributed by atoms with Crippen molar-refractivity contribution in [3.8, 4) is 5.69 Å². The summed E-state index contributed by atoms with van der Waals surface area (Å²) in [5.74, 6) is -0.184. The van der Waals surface area contributed by atoms with Gasteiger partial charge in [-0.25, -0.2) is 9.48 Å². The Morgan fingerprint density at radius 3 is 2.58 bits per heavy atom. The minimum atomic E-state index is -0.249. The van der Waals surface area contributed by atoms with Crippen molar-refractivity contribution < 1.29 is 9.59 Å². The van der Waals surface area contributed by atoms with Crippen LogP contribution in [-0.4, -0.2) is 39.5 Å². The van der Waals surface area contributed by atoms with Gasteiger partial charge in [0.1, 0.15) is 0 Å². The maximum absolute atomic E-state index is 12.1. The Balaban J connectivity index is 1.73. The van der Waals surface area contributed by atoms with Crippen LogP contribution in [0.1, 0.15) is 35.9 Å². The summed E-state index contributed by atoms with van der Waals surface area (Å²) >= 11 is 0. The van der Waals surface area contributed by atoms with Gasteiger partial charge >= 0.3 is 6.03 Å². The number of urea groups is 1. The fraction of sp³-hybridized carbons (Fsp3) is 0.375. The molecule has 8 nitrogen and oxygen atoms in total. The summed E-state index contributed by atoms with van der Waals surface area (Å²) in [7, 11) is 0. The summed E-state index contributed by atoms with van der Waals surface area (Å²) in [4.78, 5) is 23.6. The third kappa shape index (κ3) is 3.53. The predicted octanol–water partition coefficient (Wildman–Crippen LogP) is 1.61. The number of anilines is 1. The van der Waals surface area contributed by atoms with Crippen molar-refractivity contribution >= 4 is 17.6 Å². The van der Waals surface area contributed by atoms with E-state index in [1.807, 2.05) is 26.0 Å². The number of carbonyl (C=O) groups is 2. The predicted molar refractivity (Wildman–Crippen MR) is 89.3 cm³/mol. The van der Waals surface area contributed by atoms with Crippen molar-refractivity contribution in [3.63, 3.8) is 0 Å². The van der Waals surface area contributed by atoms with Gasteiger partial charge in [-0.1, -0.05) is 5.21 Å². The normalized spacial score (nSPS) is 13.4.